The molecule has 0 radical (unpaired) electrons. The molecule has 0 amide bonds. The van der Waals surface area contributed by atoms with Crippen LogP contribution in [0, 0.1) is 0 Å². The van der Waals surface area contributed by atoms with Crippen LogP contribution in [0.1, 0.15) is 13.8 Å². The Hall–Kier alpha value is 0.717. The zero-order valence-corrected chi connectivity index (χ0v) is 10.3. The van der Waals surface area contributed by atoms with Crippen molar-refractivity contribution in [3.05, 3.63) is 0 Å². The molecule has 0 N–H and O–H groups in total. The zero-order valence-electron chi connectivity index (χ0n) is 7.77. The van der Waals surface area contributed by atoms with Crippen molar-refractivity contribution in [3.63, 3.8) is 0 Å². The van der Waals surface area contributed by atoms with Gasteiger partial charge in [0.1, 0.15) is 0 Å². The summed E-state index contributed by atoms with van der Waals surface area (Å²) in [6.45, 7) is 7.07. The van der Waals surface area contributed by atoms with E-state index in [0.29, 0.717) is 19.1 Å². The third kappa shape index (κ3) is 3.62. The number of hydrogen-bond donors (Lipinski definition) is 0. The highest BCUT2D eigenvalue weighted by molar-refractivity contribution is 6.76. The maximum atomic E-state index is 6.01. The van der Waals surface area contributed by atoms with E-state index in [4.69, 9.17) is 32.1 Å². The lowest BCUT2D eigenvalue weighted by atomic mass is 10.9. The van der Waals surface area contributed by atoms with Gasteiger partial charge in [-0.05, 0) is 20.4 Å². The van der Waals surface area contributed by atoms with Crippen LogP contribution in [0.15, 0.2) is 0 Å². The van der Waals surface area contributed by atoms with Crippen LogP contribution in [0.4, 0.5) is 0 Å². The molecule has 0 aliphatic rings. The van der Waals surface area contributed by atoms with E-state index in [1.165, 1.54) is 0 Å². The summed E-state index contributed by atoms with van der Waals surface area (Å²) in [7, 11) is -2.22. The van der Waals surface area contributed by atoms with Gasteiger partial charge >= 0.3 is 8.56 Å². The number of halogens is 2. The predicted octanol–water partition coefficient (Wildman–Crippen LogP) is 2.52. The fraction of sp³-hybridized carbons (Fsp3) is 1.00. The van der Waals surface area contributed by atoms with E-state index in [1.807, 2.05) is 20.4 Å². The monoisotopic (exact) mass is 230 g/mol. The lowest BCUT2D eigenvalue weighted by Gasteiger charge is -2.28. The Kier molecular flexibility index (Phi) is 6.58. The van der Waals surface area contributed by atoms with Gasteiger partial charge in [0.25, 0.3) is 0 Å². The van der Waals surface area contributed by atoms with Crippen molar-refractivity contribution in [1.82, 2.24) is 0 Å². The summed E-state index contributed by atoms with van der Waals surface area (Å²) in [5, 5.41) is -0.181. The molecule has 2 nitrogen and oxygen atoms in total. The van der Waals surface area contributed by atoms with Crippen LogP contribution in [0.25, 0.3) is 0 Å². The van der Waals surface area contributed by atoms with Crippen molar-refractivity contribution < 1.29 is 8.85 Å². The summed E-state index contributed by atoms with van der Waals surface area (Å²) >= 11 is 11.7. The molecule has 0 aliphatic carbocycles. The molecule has 0 bridgehead atoms. The third-order valence-corrected chi connectivity index (χ3v) is 6.70. The Morgan fingerprint density at radius 3 is 1.92 bits per heavy atom. The zero-order chi connectivity index (χ0) is 9.61. The van der Waals surface area contributed by atoms with Crippen molar-refractivity contribution >= 4 is 31.8 Å². The van der Waals surface area contributed by atoms with Crippen LogP contribution in [0.3, 0.4) is 0 Å². The van der Waals surface area contributed by atoms with E-state index in [9.17, 15) is 0 Å². The largest absolute Gasteiger partial charge is 0.394 e. The summed E-state index contributed by atoms with van der Waals surface area (Å²) in [5.41, 5.74) is 0. The summed E-state index contributed by atoms with van der Waals surface area (Å²) in [6.07, 6.45) is 0. The van der Waals surface area contributed by atoms with Gasteiger partial charge in [0.05, 0.1) is 5.00 Å². The van der Waals surface area contributed by atoms with Crippen LogP contribution in [0.5, 0.6) is 0 Å². The van der Waals surface area contributed by atoms with Crippen LogP contribution in [-0.4, -0.2) is 32.7 Å². The average molecular weight is 231 g/mol. The summed E-state index contributed by atoms with van der Waals surface area (Å²) in [4.78, 5) is 0. The Bertz CT molecular complexity index is 118. The maximum Gasteiger partial charge on any atom is 0.354 e. The van der Waals surface area contributed by atoms with Crippen molar-refractivity contribution in [3.8, 4) is 0 Å². The van der Waals surface area contributed by atoms with Gasteiger partial charge in [-0.1, -0.05) is 0 Å². The molecule has 0 aromatic heterocycles. The van der Waals surface area contributed by atoms with Crippen LogP contribution >= 0.6 is 23.2 Å². The second kappa shape index (κ2) is 6.21. The molecule has 0 aromatic rings. The molecule has 12 heavy (non-hydrogen) atoms. The van der Waals surface area contributed by atoms with Crippen molar-refractivity contribution in [2.75, 3.05) is 19.1 Å². The Balaban J connectivity index is 4.15. The van der Waals surface area contributed by atoms with E-state index < -0.39 is 8.56 Å². The van der Waals surface area contributed by atoms with Crippen LogP contribution in [0.2, 0.25) is 6.55 Å². The minimum atomic E-state index is -2.22. The van der Waals surface area contributed by atoms with Gasteiger partial charge in [-0.3, -0.25) is 0 Å². The highest BCUT2D eigenvalue weighted by Crippen LogP contribution is 2.19. The van der Waals surface area contributed by atoms with Crippen molar-refractivity contribution in [2.45, 2.75) is 25.4 Å². The fourth-order valence-corrected chi connectivity index (χ4v) is 4.03. The molecule has 1 unspecified atom stereocenters. The molecule has 0 saturated heterocycles. The molecule has 0 heterocycles. The van der Waals surface area contributed by atoms with Crippen molar-refractivity contribution in [2.24, 2.45) is 0 Å². The molecule has 0 fully saturated rings. The van der Waals surface area contributed by atoms with E-state index in [1.54, 1.807) is 0 Å². The Morgan fingerprint density at radius 2 is 1.67 bits per heavy atom. The molecular weight excluding hydrogens is 215 g/mol. The normalized spacial score (nSPS) is 14.8. The van der Waals surface area contributed by atoms with E-state index in [2.05, 4.69) is 0 Å². The smallest absolute Gasteiger partial charge is 0.354 e. The lowest BCUT2D eigenvalue weighted by Crippen LogP contribution is -2.49. The number of rotatable bonds is 6. The maximum absolute atomic E-state index is 6.01. The SMILES string of the molecule is CCO[Si](C)(OCC)C(Cl)CCl. The average Bonchev–Trinajstić information content (AvgIpc) is 2.04. The van der Waals surface area contributed by atoms with E-state index in [0.717, 1.165) is 0 Å². The molecule has 0 aromatic carbocycles. The summed E-state index contributed by atoms with van der Waals surface area (Å²) in [5.74, 6) is 0.379. The molecule has 0 rings (SSSR count). The van der Waals surface area contributed by atoms with Crippen LogP contribution in [-0.2, 0) is 8.85 Å². The highest BCUT2D eigenvalue weighted by atomic mass is 35.5. The topological polar surface area (TPSA) is 18.5 Å². The molecule has 74 valence electrons. The second-order valence-electron chi connectivity index (χ2n) is 2.50. The van der Waals surface area contributed by atoms with E-state index in [-0.39, 0.29) is 5.00 Å². The molecule has 0 spiro atoms. The number of hydrogen-bond acceptors (Lipinski definition) is 2. The standard InChI is InChI=1S/C7H16Cl2O2Si/c1-4-10-12(3,11-5-2)7(9)6-8/h7H,4-6H2,1-3H3. The summed E-state index contributed by atoms with van der Waals surface area (Å²) in [6, 6.07) is 0. The molecule has 5 heteroatoms. The Labute approximate surface area is 85.4 Å². The Morgan fingerprint density at radius 1 is 1.25 bits per heavy atom. The van der Waals surface area contributed by atoms with Gasteiger partial charge in [0.2, 0.25) is 0 Å². The first-order valence-electron chi connectivity index (χ1n) is 4.08. The van der Waals surface area contributed by atoms with Gasteiger partial charge < -0.3 is 8.85 Å². The van der Waals surface area contributed by atoms with Gasteiger partial charge in [0, 0.05) is 19.1 Å². The van der Waals surface area contributed by atoms with Gasteiger partial charge in [-0.2, -0.15) is 0 Å². The minimum absolute atomic E-state index is 0.181. The molecule has 0 saturated carbocycles. The first-order valence-corrected chi connectivity index (χ1v) is 7.45. The number of alkyl halides is 2. The first-order chi connectivity index (χ1) is 5.60. The fourth-order valence-electron chi connectivity index (χ4n) is 0.936. The molecular formula is C7H16Cl2O2Si. The lowest BCUT2D eigenvalue weighted by molar-refractivity contribution is 0.188. The van der Waals surface area contributed by atoms with Gasteiger partial charge in [-0.25, -0.2) is 0 Å². The van der Waals surface area contributed by atoms with Gasteiger partial charge in [0.15, 0.2) is 0 Å². The summed E-state index contributed by atoms with van der Waals surface area (Å²) < 4.78 is 11.0. The predicted molar refractivity (Wildman–Crippen MR) is 55.2 cm³/mol. The minimum Gasteiger partial charge on any atom is -0.394 e. The highest BCUT2D eigenvalue weighted by Gasteiger charge is 2.39. The van der Waals surface area contributed by atoms with Crippen LogP contribution < -0.4 is 0 Å². The van der Waals surface area contributed by atoms with Crippen molar-refractivity contribution in [1.29, 1.82) is 0 Å². The first kappa shape index (κ1) is 12.7. The quantitative estimate of drug-likeness (QED) is 0.516. The second-order valence-corrected chi connectivity index (χ2v) is 7.01. The third-order valence-electron chi connectivity index (χ3n) is 1.57. The molecule has 0 aliphatic heterocycles. The van der Waals surface area contributed by atoms with Gasteiger partial charge in [-0.15, -0.1) is 23.2 Å². The molecule has 1 atom stereocenters. The van der Waals surface area contributed by atoms with E-state index >= 15 is 0 Å².